The normalized spacial score (nSPS) is 15.9. The molecule has 152 valence electrons. The van der Waals surface area contributed by atoms with Crippen molar-refractivity contribution in [3.05, 3.63) is 53.6 Å². The highest BCUT2D eigenvalue weighted by molar-refractivity contribution is 6.00. The van der Waals surface area contributed by atoms with Crippen LogP contribution in [0.5, 0.6) is 5.75 Å². The fourth-order valence-electron chi connectivity index (χ4n) is 3.20. The van der Waals surface area contributed by atoms with Gasteiger partial charge in [-0.05, 0) is 49.2 Å². The number of amides is 2. The Morgan fingerprint density at radius 2 is 1.90 bits per heavy atom. The van der Waals surface area contributed by atoms with Crippen molar-refractivity contribution in [2.24, 2.45) is 5.92 Å². The van der Waals surface area contributed by atoms with Crippen molar-refractivity contribution in [2.75, 3.05) is 30.5 Å². The Morgan fingerprint density at radius 1 is 1.14 bits per heavy atom. The number of anilines is 2. The number of ether oxygens (including phenoxy) is 2. The number of nitrogens with one attached hydrogen (secondary N) is 1. The van der Waals surface area contributed by atoms with Crippen LogP contribution in [0, 0.1) is 19.8 Å². The van der Waals surface area contributed by atoms with Gasteiger partial charge in [0.2, 0.25) is 5.91 Å². The molecule has 7 heteroatoms. The first-order valence-electron chi connectivity index (χ1n) is 9.36. The van der Waals surface area contributed by atoms with Gasteiger partial charge in [-0.3, -0.25) is 14.4 Å². The zero-order chi connectivity index (χ0) is 21.0. The molecular weight excluding hydrogens is 372 g/mol. The number of carbonyl (C=O) groups is 3. The van der Waals surface area contributed by atoms with Gasteiger partial charge in [-0.2, -0.15) is 0 Å². The van der Waals surface area contributed by atoms with E-state index in [9.17, 15) is 14.4 Å². The second-order valence-electron chi connectivity index (χ2n) is 7.03. The fraction of sp³-hybridized carbons (Fsp3) is 0.318. The van der Waals surface area contributed by atoms with E-state index in [1.807, 2.05) is 32.0 Å². The molecule has 3 rings (SSSR count). The van der Waals surface area contributed by atoms with Crippen LogP contribution in [0.1, 0.15) is 17.5 Å². The van der Waals surface area contributed by atoms with E-state index in [1.54, 1.807) is 29.2 Å². The summed E-state index contributed by atoms with van der Waals surface area (Å²) < 4.78 is 10.3. The molecule has 0 saturated carbocycles. The summed E-state index contributed by atoms with van der Waals surface area (Å²) in [5.74, 6) is -1.24. The van der Waals surface area contributed by atoms with Crippen LogP contribution in [0.15, 0.2) is 42.5 Å². The molecule has 0 aromatic heterocycles. The highest BCUT2D eigenvalue weighted by Gasteiger charge is 2.36. The third-order valence-corrected chi connectivity index (χ3v) is 4.99. The first-order valence-corrected chi connectivity index (χ1v) is 9.36. The van der Waals surface area contributed by atoms with E-state index in [0.29, 0.717) is 11.4 Å². The standard InChI is InChI=1S/C22H24N2O5/c1-14-8-9-17(10-15(14)2)24-12-16(11-21(24)26)22(27)29-13-20(25)23-18-6-4-5-7-19(18)28-3/h4-10,16H,11-13H2,1-3H3,(H,23,25)/t16-/m1/s1. The van der Waals surface area contributed by atoms with E-state index in [4.69, 9.17) is 9.47 Å². The Balaban J connectivity index is 1.55. The number of esters is 1. The number of rotatable bonds is 6. The van der Waals surface area contributed by atoms with E-state index in [0.717, 1.165) is 16.8 Å². The summed E-state index contributed by atoms with van der Waals surface area (Å²) in [6.45, 7) is 3.80. The molecule has 0 aliphatic carbocycles. The Labute approximate surface area is 169 Å². The van der Waals surface area contributed by atoms with Crippen LogP contribution in [0.25, 0.3) is 0 Å². The highest BCUT2D eigenvalue weighted by atomic mass is 16.5. The van der Waals surface area contributed by atoms with E-state index in [1.165, 1.54) is 7.11 Å². The number of aryl methyl sites for hydroxylation is 2. The molecule has 1 aliphatic heterocycles. The van der Waals surface area contributed by atoms with E-state index in [2.05, 4.69) is 5.32 Å². The van der Waals surface area contributed by atoms with Crippen LogP contribution < -0.4 is 15.0 Å². The van der Waals surface area contributed by atoms with Gasteiger partial charge in [0.1, 0.15) is 5.75 Å². The van der Waals surface area contributed by atoms with Crippen LogP contribution >= 0.6 is 0 Å². The zero-order valence-electron chi connectivity index (χ0n) is 16.7. The summed E-state index contributed by atoms with van der Waals surface area (Å²) >= 11 is 0. The Kier molecular flexibility index (Phi) is 6.16. The molecular formula is C22H24N2O5. The average molecular weight is 396 g/mol. The van der Waals surface area contributed by atoms with Gasteiger partial charge in [-0.1, -0.05) is 18.2 Å². The SMILES string of the molecule is COc1ccccc1NC(=O)COC(=O)[C@@H]1CC(=O)N(c2ccc(C)c(C)c2)C1. The minimum absolute atomic E-state index is 0.0693. The number of hydrogen-bond donors (Lipinski definition) is 1. The number of methoxy groups -OCH3 is 1. The zero-order valence-corrected chi connectivity index (χ0v) is 16.7. The quantitative estimate of drug-likeness (QED) is 0.759. The minimum atomic E-state index is -0.594. The summed E-state index contributed by atoms with van der Waals surface area (Å²) in [6, 6.07) is 12.7. The molecule has 1 atom stereocenters. The van der Waals surface area contributed by atoms with Gasteiger partial charge in [-0.25, -0.2) is 0 Å². The maximum atomic E-state index is 12.4. The maximum absolute atomic E-state index is 12.4. The lowest BCUT2D eigenvalue weighted by atomic mass is 10.1. The van der Waals surface area contributed by atoms with Crippen molar-refractivity contribution in [2.45, 2.75) is 20.3 Å². The second kappa shape index (κ2) is 8.77. The summed E-state index contributed by atoms with van der Waals surface area (Å²) in [4.78, 5) is 38.4. The van der Waals surface area contributed by atoms with E-state index >= 15 is 0 Å². The lowest BCUT2D eigenvalue weighted by Crippen LogP contribution is -2.28. The predicted molar refractivity (Wildman–Crippen MR) is 109 cm³/mol. The summed E-state index contributed by atoms with van der Waals surface area (Å²) in [5, 5.41) is 2.64. The molecule has 0 unspecified atom stereocenters. The molecule has 2 aromatic rings. The largest absolute Gasteiger partial charge is 0.495 e. The van der Waals surface area contributed by atoms with Gasteiger partial charge in [0, 0.05) is 18.7 Å². The van der Waals surface area contributed by atoms with Gasteiger partial charge in [0.25, 0.3) is 5.91 Å². The van der Waals surface area contributed by atoms with Crippen molar-refractivity contribution in [3.8, 4) is 5.75 Å². The average Bonchev–Trinajstić information content (AvgIpc) is 3.10. The molecule has 1 heterocycles. The van der Waals surface area contributed by atoms with Crippen LogP contribution in [-0.2, 0) is 19.1 Å². The molecule has 7 nitrogen and oxygen atoms in total. The smallest absolute Gasteiger partial charge is 0.311 e. The highest BCUT2D eigenvalue weighted by Crippen LogP contribution is 2.27. The number of para-hydroxylation sites is 2. The van der Waals surface area contributed by atoms with E-state index < -0.39 is 24.4 Å². The molecule has 2 aromatic carbocycles. The van der Waals surface area contributed by atoms with Gasteiger partial charge < -0.3 is 19.7 Å². The lowest BCUT2D eigenvalue weighted by Gasteiger charge is -2.18. The molecule has 1 fully saturated rings. The minimum Gasteiger partial charge on any atom is -0.495 e. The molecule has 0 radical (unpaired) electrons. The Hall–Kier alpha value is -3.35. The molecule has 0 bridgehead atoms. The monoisotopic (exact) mass is 396 g/mol. The topological polar surface area (TPSA) is 84.9 Å². The first-order chi connectivity index (χ1) is 13.9. The van der Waals surface area contributed by atoms with Crippen molar-refractivity contribution < 1.29 is 23.9 Å². The molecule has 1 N–H and O–H groups in total. The van der Waals surface area contributed by atoms with Crippen molar-refractivity contribution in [1.82, 2.24) is 0 Å². The van der Waals surface area contributed by atoms with Crippen molar-refractivity contribution >= 4 is 29.2 Å². The lowest BCUT2D eigenvalue weighted by molar-refractivity contribution is -0.151. The van der Waals surface area contributed by atoms with Crippen LogP contribution in [0.4, 0.5) is 11.4 Å². The summed E-state index contributed by atoms with van der Waals surface area (Å²) in [6.07, 6.45) is 0.0693. The van der Waals surface area contributed by atoms with Gasteiger partial charge in [0.05, 0.1) is 18.7 Å². The number of benzene rings is 2. The molecule has 2 amide bonds. The fourth-order valence-corrected chi connectivity index (χ4v) is 3.20. The van der Waals surface area contributed by atoms with Crippen molar-refractivity contribution in [1.29, 1.82) is 0 Å². The molecule has 1 saturated heterocycles. The number of nitrogens with zero attached hydrogens (tertiary/aromatic N) is 1. The van der Waals surface area contributed by atoms with E-state index in [-0.39, 0.29) is 18.9 Å². The predicted octanol–water partition coefficient (Wildman–Crippen LogP) is 2.85. The summed E-state index contributed by atoms with van der Waals surface area (Å²) in [5.41, 5.74) is 3.47. The Bertz CT molecular complexity index is 941. The molecule has 0 spiro atoms. The van der Waals surface area contributed by atoms with Crippen LogP contribution in [0.3, 0.4) is 0 Å². The van der Waals surface area contributed by atoms with Gasteiger partial charge in [0.15, 0.2) is 6.61 Å². The number of hydrogen-bond acceptors (Lipinski definition) is 5. The molecule has 1 aliphatic rings. The van der Waals surface area contributed by atoms with Crippen LogP contribution in [0.2, 0.25) is 0 Å². The van der Waals surface area contributed by atoms with Crippen LogP contribution in [-0.4, -0.2) is 38.0 Å². The third-order valence-electron chi connectivity index (χ3n) is 4.99. The second-order valence-corrected chi connectivity index (χ2v) is 7.03. The first kappa shape index (κ1) is 20.4. The number of carbonyl (C=O) groups excluding carboxylic acids is 3. The van der Waals surface area contributed by atoms with Gasteiger partial charge >= 0.3 is 5.97 Å². The van der Waals surface area contributed by atoms with Crippen molar-refractivity contribution in [3.63, 3.8) is 0 Å². The molecule has 29 heavy (non-hydrogen) atoms. The Morgan fingerprint density at radius 3 is 2.62 bits per heavy atom. The maximum Gasteiger partial charge on any atom is 0.311 e. The summed E-state index contributed by atoms with van der Waals surface area (Å²) in [7, 11) is 1.50. The third kappa shape index (κ3) is 4.74. The van der Waals surface area contributed by atoms with Gasteiger partial charge in [-0.15, -0.1) is 0 Å².